The van der Waals surface area contributed by atoms with Crippen LogP contribution < -0.4 is 10.1 Å². The molecule has 4 rings (SSSR count). The number of carbonyl (C=O) groups excluding carboxylic acids is 1. The van der Waals surface area contributed by atoms with E-state index in [-0.39, 0.29) is 18.3 Å². The van der Waals surface area contributed by atoms with E-state index in [9.17, 15) is 4.79 Å². The van der Waals surface area contributed by atoms with E-state index in [1.165, 1.54) is 11.8 Å². The van der Waals surface area contributed by atoms with E-state index in [1.807, 2.05) is 85.8 Å². The van der Waals surface area contributed by atoms with Crippen LogP contribution in [0, 0.1) is 6.92 Å². The normalized spacial score (nSPS) is 10.7. The standard InChI is InChI=1S/C24H21N3O2S/c1-17-11-13-18(14-12-17)25-23(28)16-30-24-20-9-5-6-10-21(20)26-22(27-24)15-29-19-7-3-2-4-8-19/h2-14H,15-16H2,1H3,(H,25,28). The Morgan fingerprint density at radius 2 is 1.67 bits per heavy atom. The Bertz CT molecular complexity index is 1150. The van der Waals surface area contributed by atoms with Gasteiger partial charge in [0.05, 0.1) is 11.3 Å². The molecule has 3 aromatic carbocycles. The monoisotopic (exact) mass is 415 g/mol. The Balaban J connectivity index is 1.47. The van der Waals surface area contributed by atoms with Crippen molar-refractivity contribution >= 4 is 34.3 Å². The first kappa shape index (κ1) is 19.9. The van der Waals surface area contributed by atoms with Crippen LogP contribution in [0.5, 0.6) is 5.75 Å². The predicted molar refractivity (Wildman–Crippen MR) is 121 cm³/mol. The van der Waals surface area contributed by atoms with Gasteiger partial charge in [-0.25, -0.2) is 9.97 Å². The van der Waals surface area contributed by atoms with Crippen LogP contribution in [0.2, 0.25) is 0 Å². The van der Waals surface area contributed by atoms with Crippen LogP contribution >= 0.6 is 11.8 Å². The van der Waals surface area contributed by atoms with Crippen LogP contribution in [-0.2, 0) is 11.4 Å². The first-order valence-corrected chi connectivity index (χ1v) is 10.6. The molecule has 0 saturated heterocycles. The van der Waals surface area contributed by atoms with Crippen LogP contribution in [0.1, 0.15) is 11.4 Å². The van der Waals surface area contributed by atoms with Crippen molar-refractivity contribution in [3.63, 3.8) is 0 Å². The highest BCUT2D eigenvalue weighted by Gasteiger charge is 2.11. The molecule has 0 radical (unpaired) electrons. The third-order valence-corrected chi connectivity index (χ3v) is 5.39. The van der Waals surface area contributed by atoms with Gasteiger partial charge in [-0.1, -0.05) is 65.9 Å². The summed E-state index contributed by atoms with van der Waals surface area (Å²) in [5.74, 6) is 1.53. The second kappa shape index (κ2) is 9.41. The van der Waals surface area contributed by atoms with Crippen molar-refractivity contribution in [2.24, 2.45) is 0 Å². The molecule has 0 bridgehead atoms. The van der Waals surface area contributed by atoms with E-state index < -0.39 is 0 Å². The highest BCUT2D eigenvalue weighted by atomic mass is 32.2. The zero-order valence-electron chi connectivity index (χ0n) is 16.5. The van der Waals surface area contributed by atoms with Crippen LogP contribution in [0.4, 0.5) is 5.69 Å². The molecule has 0 spiro atoms. The van der Waals surface area contributed by atoms with Gasteiger partial charge in [-0.15, -0.1) is 0 Å². The van der Waals surface area contributed by atoms with Crippen molar-refractivity contribution in [3.8, 4) is 5.75 Å². The van der Waals surface area contributed by atoms with E-state index in [4.69, 9.17) is 4.74 Å². The lowest BCUT2D eigenvalue weighted by molar-refractivity contribution is -0.113. The number of carbonyl (C=O) groups is 1. The smallest absolute Gasteiger partial charge is 0.234 e. The fourth-order valence-electron chi connectivity index (χ4n) is 2.90. The molecule has 1 amide bonds. The molecule has 0 aliphatic rings. The highest BCUT2D eigenvalue weighted by Crippen LogP contribution is 2.26. The quantitative estimate of drug-likeness (QED) is 0.330. The molecule has 0 aliphatic carbocycles. The predicted octanol–water partition coefficient (Wildman–Crippen LogP) is 5.25. The molecule has 6 heteroatoms. The maximum absolute atomic E-state index is 12.4. The fraction of sp³-hybridized carbons (Fsp3) is 0.125. The number of aromatic nitrogens is 2. The molecule has 0 atom stereocenters. The van der Waals surface area contributed by atoms with Crippen molar-refractivity contribution in [3.05, 3.63) is 90.3 Å². The van der Waals surface area contributed by atoms with Gasteiger partial charge in [0.2, 0.25) is 5.91 Å². The third kappa shape index (κ3) is 5.15. The maximum atomic E-state index is 12.4. The summed E-state index contributed by atoms with van der Waals surface area (Å²) >= 11 is 1.40. The van der Waals surface area contributed by atoms with Gasteiger partial charge >= 0.3 is 0 Å². The Morgan fingerprint density at radius 3 is 2.47 bits per heavy atom. The molecule has 0 aliphatic heterocycles. The maximum Gasteiger partial charge on any atom is 0.234 e. The number of benzene rings is 3. The summed E-state index contributed by atoms with van der Waals surface area (Å²) in [7, 11) is 0. The number of ether oxygens (including phenoxy) is 1. The minimum Gasteiger partial charge on any atom is -0.486 e. The van der Waals surface area contributed by atoms with Crippen LogP contribution in [-0.4, -0.2) is 21.6 Å². The van der Waals surface area contributed by atoms with Gasteiger partial charge in [-0.2, -0.15) is 0 Å². The zero-order chi connectivity index (χ0) is 20.8. The number of hydrogen-bond donors (Lipinski definition) is 1. The minimum absolute atomic E-state index is 0.0753. The summed E-state index contributed by atoms with van der Waals surface area (Å²) in [4.78, 5) is 21.7. The fourth-order valence-corrected chi connectivity index (χ4v) is 3.74. The molecule has 150 valence electrons. The summed E-state index contributed by atoms with van der Waals surface area (Å²) in [5, 5.41) is 4.62. The molecule has 5 nitrogen and oxygen atoms in total. The van der Waals surface area contributed by atoms with Crippen molar-refractivity contribution < 1.29 is 9.53 Å². The second-order valence-corrected chi connectivity index (χ2v) is 7.73. The Labute approximate surface area is 179 Å². The average molecular weight is 416 g/mol. The highest BCUT2D eigenvalue weighted by molar-refractivity contribution is 8.00. The number of fused-ring (bicyclic) bond motifs is 1. The Hall–Kier alpha value is -3.38. The average Bonchev–Trinajstić information content (AvgIpc) is 2.78. The van der Waals surface area contributed by atoms with Crippen LogP contribution in [0.15, 0.2) is 83.9 Å². The Morgan fingerprint density at radius 1 is 0.933 bits per heavy atom. The van der Waals surface area contributed by atoms with Gasteiger partial charge in [-0.3, -0.25) is 4.79 Å². The van der Waals surface area contributed by atoms with Crippen molar-refractivity contribution in [1.29, 1.82) is 0 Å². The molecule has 0 fully saturated rings. The van der Waals surface area contributed by atoms with E-state index in [0.29, 0.717) is 5.82 Å². The van der Waals surface area contributed by atoms with E-state index in [2.05, 4.69) is 15.3 Å². The molecule has 0 saturated carbocycles. The molecule has 30 heavy (non-hydrogen) atoms. The number of rotatable bonds is 7. The number of hydrogen-bond acceptors (Lipinski definition) is 5. The van der Waals surface area contributed by atoms with Gasteiger partial charge < -0.3 is 10.1 Å². The van der Waals surface area contributed by atoms with E-state index in [1.54, 1.807) is 0 Å². The number of anilines is 1. The van der Waals surface area contributed by atoms with E-state index in [0.717, 1.165) is 32.9 Å². The van der Waals surface area contributed by atoms with Gasteiger partial charge in [0.1, 0.15) is 17.4 Å². The largest absolute Gasteiger partial charge is 0.486 e. The first-order valence-electron chi connectivity index (χ1n) is 9.60. The van der Waals surface area contributed by atoms with Crippen molar-refractivity contribution in [1.82, 2.24) is 9.97 Å². The van der Waals surface area contributed by atoms with Crippen molar-refractivity contribution in [2.45, 2.75) is 18.6 Å². The summed E-state index contributed by atoms with van der Waals surface area (Å²) in [6.07, 6.45) is 0. The Kier molecular flexibility index (Phi) is 6.25. The number of aryl methyl sites for hydroxylation is 1. The molecular formula is C24H21N3O2S. The lowest BCUT2D eigenvalue weighted by Crippen LogP contribution is -2.14. The molecule has 1 N–H and O–H groups in total. The summed E-state index contributed by atoms with van der Waals surface area (Å²) in [6, 6.07) is 25.1. The van der Waals surface area contributed by atoms with Gasteiger partial charge in [0.15, 0.2) is 5.82 Å². The molecular weight excluding hydrogens is 394 g/mol. The zero-order valence-corrected chi connectivity index (χ0v) is 17.4. The van der Waals surface area contributed by atoms with E-state index >= 15 is 0 Å². The number of thioether (sulfide) groups is 1. The summed E-state index contributed by atoms with van der Waals surface area (Å²) < 4.78 is 5.80. The van der Waals surface area contributed by atoms with Crippen molar-refractivity contribution in [2.75, 3.05) is 11.1 Å². The summed E-state index contributed by atoms with van der Waals surface area (Å²) in [5.41, 5.74) is 2.77. The number of amides is 1. The lowest BCUT2D eigenvalue weighted by Gasteiger charge is -2.10. The lowest BCUT2D eigenvalue weighted by atomic mass is 10.2. The van der Waals surface area contributed by atoms with Gasteiger partial charge in [-0.05, 0) is 37.3 Å². The van der Waals surface area contributed by atoms with Gasteiger partial charge in [0, 0.05) is 11.1 Å². The molecule has 0 unspecified atom stereocenters. The summed E-state index contributed by atoms with van der Waals surface area (Å²) in [6.45, 7) is 2.28. The second-order valence-electron chi connectivity index (χ2n) is 6.77. The van der Waals surface area contributed by atoms with Crippen LogP contribution in [0.3, 0.4) is 0 Å². The molecule has 1 aromatic heterocycles. The third-order valence-electron chi connectivity index (χ3n) is 4.40. The topological polar surface area (TPSA) is 64.1 Å². The SMILES string of the molecule is Cc1ccc(NC(=O)CSc2nc(COc3ccccc3)nc3ccccc23)cc1. The molecule has 4 aromatic rings. The number of para-hydroxylation sites is 2. The van der Waals surface area contributed by atoms with Gasteiger partial charge in [0.25, 0.3) is 0 Å². The number of nitrogens with one attached hydrogen (secondary N) is 1. The molecule has 1 heterocycles. The first-order chi connectivity index (χ1) is 14.7. The minimum atomic E-state index is -0.0753. The van der Waals surface area contributed by atoms with Crippen LogP contribution in [0.25, 0.3) is 10.9 Å². The number of nitrogens with zero attached hydrogens (tertiary/aromatic N) is 2.